The van der Waals surface area contributed by atoms with Crippen molar-refractivity contribution < 1.29 is 27.0 Å². The molecule has 35 heavy (non-hydrogen) atoms. The van der Waals surface area contributed by atoms with Gasteiger partial charge in [-0.15, -0.1) is 0 Å². The second kappa shape index (κ2) is 11.5. The van der Waals surface area contributed by atoms with Crippen molar-refractivity contribution >= 4 is 31.4 Å². The zero-order valence-electron chi connectivity index (χ0n) is 19.2. The summed E-state index contributed by atoms with van der Waals surface area (Å²) in [6, 6.07) is 19.7. The van der Waals surface area contributed by atoms with Crippen LogP contribution >= 0.6 is 0 Å². The van der Waals surface area contributed by atoms with Gasteiger partial charge in [-0.2, -0.15) is 0 Å². The van der Waals surface area contributed by atoms with Gasteiger partial charge in [-0.1, -0.05) is 36.4 Å². The lowest BCUT2D eigenvalue weighted by molar-refractivity contribution is 0.172. The van der Waals surface area contributed by atoms with Crippen molar-refractivity contribution in [2.45, 2.75) is 23.8 Å². The number of phenolic OH excluding ortho intramolecular Hbond substituents is 1. The number of aliphatic hydroxyl groups is 1. The maximum atomic E-state index is 12.4. The second-order valence-electron chi connectivity index (χ2n) is 8.15. The summed E-state index contributed by atoms with van der Waals surface area (Å²) < 4.78 is 52.4. The third kappa shape index (κ3) is 8.55. The van der Waals surface area contributed by atoms with Crippen LogP contribution in [-0.4, -0.2) is 52.5 Å². The van der Waals surface area contributed by atoms with E-state index in [1.165, 1.54) is 24.3 Å². The summed E-state index contributed by atoms with van der Waals surface area (Å²) >= 11 is 0. The van der Waals surface area contributed by atoms with E-state index >= 15 is 0 Å². The van der Waals surface area contributed by atoms with Crippen LogP contribution < -0.4 is 14.8 Å². The first-order valence-corrected chi connectivity index (χ1v) is 14.2. The van der Waals surface area contributed by atoms with Crippen molar-refractivity contribution in [1.29, 1.82) is 0 Å². The van der Waals surface area contributed by atoms with Gasteiger partial charge in [0.25, 0.3) is 10.0 Å². The van der Waals surface area contributed by atoms with Crippen molar-refractivity contribution in [3.63, 3.8) is 0 Å². The minimum Gasteiger partial charge on any atom is -0.506 e. The molecule has 1 unspecified atom stereocenters. The molecule has 3 aromatic carbocycles. The van der Waals surface area contributed by atoms with Crippen molar-refractivity contribution in [3.8, 4) is 5.75 Å². The minimum atomic E-state index is -3.63. The van der Waals surface area contributed by atoms with Gasteiger partial charge in [0.15, 0.2) is 0 Å². The lowest BCUT2D eigenvalue weighted by Crippen LogP contribution is -2.29. The maximum Gasteiger partial charge on any atom is 0.261 e. The highest BCUT2D eigenvalue weighted by Gasteiger charge is 2.13. The first kappa shape index (κ1) is 26.5. The molecule has 0 aromatic heterocycles. The predicted octanol–water partition coefficient (Wildman–Crippen LogP) is 2.30. The number of sulfonamides is 2. The van der Waals surface area contributed by atoms with Crippen molar-refractivity contribution in [2.75, 3.05) is 28.8 Å². The number of aromatic hydroxyl groups is 1. The van der Waals surface area contributed by atoms with E-state index in [4.69, 9.17) is 0 Å². The van der Waals surface area contributed by atoms with Gasteiger partial charge >= 0.3 is 0 Å². The monoisotopic (exact) mass is 519 g/mol. The van der Waals surface area contributed by atoms with Crippen molar-refractivity contribution in [1.82, 2.24) is 5.32 Å². The Morgan fingerprint density at radius 3 is 2.17 bits per heavy atom. The Balaban J connectivity index is 1.44. The first-order valence-electron chi connectivity index (χ1n) is 10.9. The molecule has 0 fully saturated rings. The van der Waals surface area contributed by atoms with Crippen LogP contribution in [-0.2, 0) is 32.9 Å². The number of aliphatic hydroxyl groups excluding tert-OH is 1. The van der Waals surface area contributed by atoms with E-state index in [-0.39, 0.29) is 22.8 Å². The SMILES string of the molecule is CS(=O)(=O)Nc1cc(CC(O)CNCCc2ccc(NS(=O)(=O)c3ccccc3)cc2)ccc1O. The highest BCUT2D eigenvalue weighted by molar-refractivity contribution is 7.92. The summed E-state index contributed by atoms with van der Waals surface area (Å²) in [7, 11) is -7.17. The molecule has 1 atom stereocenters. The van der Waals surface area contributed by atoms with Crippen LogP contribution in [0.15, 0.2) is 77.7 Å². The van der Waals surface area contributed by atoms with E-state index in [2.05, 4.69) is 14.8 Å². The molecule has 0 saturated carbocycles. The third-order valence-corrected chi connectivity index (χ3v) is 7.05. The number of nitrogens with one attached hydrogen (secondary N) is 3. The lowest BCUT2D eigenvalue weighted by Gasteiger charge is -2.14. The normalized spacial score (nSPS) is 12.7. The van der Waals surface area contributed by atoms with Crippen LogP contribution in [0, 0.1) is 0 Å². The molecule has 0 aliphatic rings. The van der Waals surface area contributed by atoms with E-state index in [0.29, 0.717) is 30.8 Å². The number of rotatable bonds is 12. The largest absolute Gasteiger partial charge is 0.506 e. The van der Waals surface area contributed by atoms with Crippen LogP contribution in [0.2, 0.25) is 0 Å². The lowest BCUT2D eigenvalue weighted by atomic mass is 10.1. The second-order valence-corrected chi connectivity index (χ2v) is 11.6. The topological polar surface area (TPSA) is 145 Å². The quantitative estimate of drug-likeness (QED) is 0.182. The van der Waals surface area contributed by atoms with Gasteiger partial charge in [-0.05, 0) is 66.9 Å². The van der Waals surface area contributed by atoms with Gasteiger partial charge in [-0.3, -0.25) is 9.44 Å². The van der Waals surface area contributed by atoms with Crippen LogP contribution in [0.5, 0.6) is 5.75 Å². The maximum absolute atomic E-state index is 12.4. The molecule has 0 spiro atoms. The van der Waals surface area contributed by atoms with Gasteiger partial charge in [0.05, 0.1) is 22.9 Å². The van der Waals surface area contributed by atoms with Gasteiger partial charge in [0.2, 0.25) is 10.0 Å². The van der Waals surface area contributed by atoms with Crippen LogP contribution in [0.4, 0.5) is 11.4 Å². The van der Waals surface area contributed by atoms with E-state index in [1.54, 1.807) is 36.4 Å². The zero-order chi connectivity index (χ0) is 25.5. The zero-order valence-corrected chi connectivity index (χ0v) is 20.8. The predicted molar refractivity (Wildman–Crippen MR) is 137 cm³/mol. The molecule has 3 rings (SSSR count). The molecule has 0 bridgehead atoms. The Kier molecular flexibility index (Phi) is 8.73. The highest BCUT2D eigenvalue weighted by atomic mass is 32.2. The van der Waals surface area contributed by atoms with Crippen LogP contribution in [0.1, 0.15) is 11.1 Å². The fourth-order valence-electron chi connectivity index (χ4n) is 3.39. The van der Waals surface area contributed by atoms with Gasteiger partial charge in [-0.25, -0.2) is 16.8 Å². The molecule has 0 amide bonds. The molecule has 11 heteroatoms. The molecule has 0 radical (unpaired) electrons. The summed E-state index contributed by atoms with van der Waals surface area (Å²) in [4.78, 5) is 0.196. The van der Waals surface area contributed by atoms with Gasteiger partial charge in [0.1, 0.15) is 5.75 Å². The molecule has 9 nitrogen and oxygen atoms in total. The average molecular weight is 520 g/mol. The molecule has 0 aliphatic heterocycles. The van der Waals surface area contributed by atoms with Crippen molar-refractivity contribution in [2.24, 2.45) is 0 Å². The van der Waals surface area contributed by atoms with Crippen LogP contribution in [0.25, 0.3) is 0 Å². The Hall–Kier alpha value is -3.12. The molecule has 0 aliphatic carbocycles. The number of phenols is 1. The molecule has 188 valence electrons. The fraction of sp³-hybridized carbons (Fsp3) is 0.250. The smallest absolute Gasteiger partial charge is 0.261 e. The van der Waals surface area contributed by atoms with Crippen LogP contribution in [0.3, 0.4) is 0 Å². The van der Waals surface area contributed by atoms with E-state index in [1.807, 2.05) is 12.1 Å². The van der Waals surface area contributed by atoms with E-state index in [9.17, 15) is 27.0 Å². The third-order valence-electron chi connectivity index (χ3n) is 5.06. The standard InChI is InChI=1S/C24H29N3O6S2/c1-34(30,31)27-23-16-19(9-12-24(23)29)15-21(28)17-25-14-13-18-7-10-20(11-8-18)26-35(32,33)22-5-3-2-4-6-22/h2-12,16,21,25-29H,13-15,17H2,1H3. The summed E-state index contributed by atoms with van der Waals surface area (Å²) in [5.74, 6) is -0.189. The number of hydrogen-bond acceptors (Lipinski definition) is 7. The van der Waals surface area contributed by atoms with Gasteiger partial charge < -0.3 is 15.5 Å². The average Bonchev–Trinajstić information content (AvgIpc) is 2.79. The molecule has 5 N–H and O–H groups in total. The molecule has 0 heterocycles. The Labute approximate surface area is 205 Å². The summed E-state index contributed by atoms with van der Waals surface area (Å²) in [5.41, 5.74) is 2.22. The summed E-state index contributed by atoms with van der Waals surface area (Å²) in [6.07, 6.45) is 1.25. The molecule has 3 aromatic rings. The Bertz CT molecular complexity index is 1330. The summed E-state index contributed by atoms with van der Waals surface area (Å²) in [6.45, 7) is 0.924. The Morgan fingerprint density at radius 1 is 0.857 bits per heavy atom. The Morgan fingerprint density at radius 2 is 1.51 bits per heavy atom. The van der Waals surface area contributed by atoms with Gasteiger partial charge in [0, 0.05) is 12.2 Å². The first-order chi connectivity index (χ1) is 16.5. The van der Waals surface area contributed by atoms with E-state index in [0.717, 1.165) is 11.8 Å². The van der Waals surface area contributed by atoms with Crippen molar-refractivity contribution in [3.05, 3.63) is 83.9 Å². The number of benzene rings is 3. The molecule has 0 saturated heterocycles. The minimum absolute atomic E-state index is 0.0691. The number of hydrogen-bond donors (Lipinski definition) is 5. The highest BCUT2D eigenvalue weighted by Crippen LogP contribution is 2.25. The summed E-state index contributed by atoms with van der Waals surface area (Å²) in [5, 5.41) is 23.3. The fourth-order valence-corrected chi connectivity index (χ4v) is 5.03. The molecular formula is C24H29N3O6S2. The number of anilines is 2. The van der Waals surface area contributed by atoms with E-state index < -0.39 is 26.2 Å². The molecular weight excluding hydrogens is 490 g/mol.